The van der Waals surface area contributed by atoms with Crippen molar-refractivity contribution in [2.75, 3.05) is 0 Å². The molecule has 0 unspecified atom stereocenters. The fourth-order valence-corrected chi connectivity index (χ4v) is 9.09. The van der Waals surface area contributed by atoms with Gasteiger partial charge < -0.3 is 9.47 Å². The normalized spacial score (nSPS) is 18.5. The number of rotatable bonds is 18. The van der Waals surface area contributed by atoms with Gasteiger partial charge in [-0.3, -0.25) is 20.2 Å². The summed E-state index contributed by atoms with van der Waals surface area (Å²) in [5.74, 6) is 4.99. The summed E-state index contributed by atoms with van der Waals surface area (Å²) >= 11 is 0. The highest BCUT2D eigenvalue weighted by molar-refractivity contribution is 5.46. The summed E-state index contributed by atoms with van der Waals surface area (Å²) < 4.78 is 12.1. The summed E-state index contributed by atoms with van der Waals surface area (Å²) in [4.78, 5) is 21.3. The van der Waals surface area contributed by atoms with Crippen molar-refractivity contribution >= 4 is 11.4 Å². The first-order valence-corrected chi connectivity index (χ1v) is 20.4. The van der Waals surface area contributed by atoms with Crippen LogP contribution in [0.15, 0.2) is 97.1 Å². The van der Waals surface area contributed by atoms with Crippen LogP contribution in [-0.2, 0) is 5.41 Å². The van der Waals surface area contributed by atoms with Gasteiger partial charge in [0.05, 0.1) is 9.85 Å². The van der Waals surface area contributed by atoms with E-state index in [0.717, 1.165) is 30.6 Å². The number of nitrogens with zero attached hydrogens (tertiary/aromatic N) is 2. The van der Waals surface area contributed by atoms with Gasteiger partial charge in [0.1, 0.15) is 23.0 Å². The highest BCUT2D eigenvalue weighted by Crippen LogP contribution is 2.51. The second kappa shape index (κ2) is 19.0. The number of hydrogen-bond acceptors (Lipinski definition) is 6. The molecule has 0 radical (unpaired) electrons. The summed E-state index contributed by atoms with van der Waals surface area (Å²) in [6, 6.07) is 29.0. The third-order valence-corrected chi connectivity index (χ3v) is 12.3. The molecule has 0 saturated heterocycles. The molecular formula is C46H56N2O6. The zero-order chi connectivity index (χ0) is 37.8. The topological polar surface area (TPSA) is 105 Å². The SMILES string of the molecule is CCCCCCCCCC[C@H]1CC[C@@H](C2CCC(c3ccc(Oc4ccc([N+](=O)[O-])cc4)cc3)(c3ccc(Oc4ccc([N+](=O)[O-])cc4)cc3)CC2)CC1. The van der Waals surface area contributed by atoms with Crippen LogP contribution in [0.3, 0.4) is 0 Å². The maximum absolute atomic E-state index is 11.1. The third kappa shape index (κ3) is 10.3. The van der Waals surface area contributed by atoms with Gasteiger partial charge in [0.15, 0.2) is 0 Å². The number of ether oxygens (including phenoxy) is 2. The average molecular weight is 733 g/mol. The second-order valence-corrected chi connectivity index (χ2v) is 15.7. The smallest absolute Gasteiger partial charge is 0.269 e. The minimum atomic E-state index is -0.412. The van der Waals surface area contributed by atoms with E-state index in [1.807, 2.05) is 24.3 Å². The van der Waals surface area contributed by atoms with Crippen molar-refractivity contribution in [2.24, 2.45) is 17.8 Å². The van der Waals surface area contributed by atoms with Crippen LogP contribution in [0, 0.1) is 38.0 Å². The Balaban J connectivity index is 1.10. The Morgan fingerprint density at radius 2 is 0.889 bits per heavy atom. The van der Waals surface area contributed by atoms with Gasteiger partial charge in [-0.05, 0) is 116 Å². The van der Waals surface area contributed by atoms with Crippen LogP contribution in [0.1, 0.15) is 127 Å². The second-order valence-electron chi connectivity index (χ2n) is 15.7. The number of unbranched alkanes of at least 4 members (excludes halogenated alkanes) is 7. The lowest BCUT2D eigenvalue weighted by molar-refractivity contribution is -0.385. The van der Waals surface area contributed by atoms with E-state index < -0.39 is 9.85 Å². The minimum absolute atomic E-state index is 0.0336. The van der Waals surface area contributed by atoms with Gasteiger partial charge in [-0.2, -0.15) is 0 Å². The summed E-state index contributed by atoms with van der Waals surface area (Å²) in [6.07, 6.45) is 22.7. The quantitative estimate of drug-likeness (QED) is 0.0573. The first-order chi connectivity index (χ1) is 26.3. The Hall–Kier alpha value is -4.72. The molecule has 8 nitrogen and oxygen atoms in total. The number of nitro benzene ring substituents is 2. The fraction of sp³-hybridized carbons (Fsp3) is 0.478. The van der Waals surface area contributed by atoms with E-state index in [2.05, 4.69) is 31.2 Å². The van der Waals surface area contributed by atoms with Crippen molar-refractivity contribution in [3.63, 3.8) is 0 Å². The molecule has 0 atom stereocenters. The van der Waals surface area contributed by atoms with Crippen molar-refractivity contribution in [3.05, 3.63) is 128 Å². The summed E-state index contributed by atoms with van der Waals surface area (Å²) in [5, 5.41) is 22.2. The van der Waals surface area contributed by atoms with E-state index in [-0.39, 0.29) is 16.8 Å². The lowest BCUT2D eigenvalue weighted by Crippen LogP contribution is -2.35. The van der Waals surface area contributed by atoms with Crippen molar-refractivity contribution in [1.82, 2.24) is 0 Å². The molecule has 2 saturated carbocycles. The van der Waals surface area contributed by atoms with Gasteiger partial charge >= 0.3 is 0 Å². The highest BCUT2D eigenvalue weighted by atomic mass is 16.6. The van der Waals surface area contributed by atoms with Gasteiger partial charge in [-0.15, -0.1) is 0 Å². The van der Waals surface area contributed by atoms with Gasteiger partial charge in [0.2, 0.25) is 0 Å². The van der Waals surface area contributed by atoms with Gasteiger partial charge in [-0.25, -0.2) is 0 Å². The first kappa shape index (κ1) is 39.0. The Morgan fingerprint density at radius 3 is 1.30 bits per heavy atom. The molecule has 0 spiro atoms. The third-order valence-electron chi connectivity index (χ3n) is 12.3. The molecule has 2 fully saturated rings. The summed E-state index contributed by atoms with van der Waals surface area (Å²) in [7, 11) is 0. The van der Waals surface area contributed by atoms with Gasteiger partial charge in [0, 0.05) is 29.7 Å². The monoisotopic (exact) mass is 732 g/mol. The molecule has 0 amide bonds. The molecule has 54 heavy (non-hydrogen) atoms. The molecule has 2 aliphatic rings. The molecule has 4 aromatic rings. The number of non-ortho nitro benzene ring substituents is 2. The van der Waals surface area contributed by atoms with Crippen LogP contribution in [0.2, 0.25) is 0 Å². The molecule has 286 valence electrons. The van der Waals surface area contributed by atoms with E-state index >= 15 is 0 Å². The molecule has 6 rings (SSSR count). The van der Waals surface area contributed by atoms with Gasteiger partial charge in [-0.1, -0.05) is 102 Å². The molecule has 8 heteroatoms. The van der Waals surface area contributed by atoms with Crippen molar-refractivity contribution in [1.29, 1.82) is 0 Å². The fourth-order valence-electron chi connectivity index (χ4n) is 9.09. The van der Waals surface area contributed by atoms with E-state index in [0.29, 0.717) is 23.0 Å². The highest BCUT2D eigenvalue weighted by Gasteiger charge is 2.41. The predicted molar refractivity (Wildman–Crippen MR) is 215 cm³/mol. The van der Waals surface area contributed by atoms with Crippen molar-refractivity contribution in [2.45, 2.75) is 121 Å². The van der Waals surface area contributed by atoms with Gasteiger partial charge in [0.25, 0.3) is 11.4 Å². The Labute approximate surface area is 320 Å². The Kier molecular flexibility index (Phi) is 13.7. The van der Waals surface area contributed by atoms with Crippen LogP contribution >= 0.6 is 0 Å². The molecule has 0 aromatic heterocycles. The van der Waals surface area contributed by atoms with Crippen LogP contribution in [-0.4, -0.2) is 9.85 Å². The van der Waals surface area contributed by atoms with Crippen molar-refractivity contribution in [3.8, 4) is 23.0 Å². The predicted octanol–water partition coefficient (Wildman–Crippen LogP) is 13.9. The molecule has 0 N–H and O–H groups in total. The standard InChI is InChI=1S/C46H56N2O6/c1-2-3-4-5-6-7-8-9-10-35-11-13-36(14-12-35)37-31-33-46(34-32-37,38-15-23-42(24-16-38)53-44-27-19-40(20-28-44)47(49)50)39-17-25-43(26-18-39)54-45-29-21-41(22-30-45)48(51)52/h15-30,35-37H,2-14,31-34H2,1H3/t35-,36+. The maximum atomic E-state index is 11.1. The number of nitro groups is 2. The van der Waals surface area contributed by atoms with E-state index in [1.165, 1.54) is 132 Å². The Morgan fingerprint density at radius 1 is 0.519 bits per heavy atom. The largest absolute Gasteiger partial charge is 0.457 e. The van der Waals surface area contributed by atoms with E-state index in [4.69, 9.17) is 9.47 Å². The van der Waals surface area contributed by atoms with Crippen LogP contribution in [0.5, 0.6) is 23.0 Å². The number of benzene rings is 4. The zero-order valence-electron chi connectivity index (χ0n) is 31.8. The summed E-state index contributed by atoms with van der Waals surface area (Å²) in [5.41, 5.74) is 2.44. The lowest BCUT2D eigenvalue weighted by atomic mass is 9.60. The Bertz CT molecular complexity index is 1650. The molecule has 0 heterocycles. The van der Waals surface area contributed by atoms with Crippen molar-refractivity contribution < 1.29 is 19.3 Å². The maximum Gasteiger partial charge on any atom is 0.269 e. The zero-order valence-corrected chi connectivity index (χ0v) is 31.8. The summed E-state index contributed by atoms with van der Waals surface area (Å²) in [6.45, 7) is 2.29. The molecule has 2 aliphatic carbocycles. The lowest BCUT2D eigenvalue weighted by Gasteiger charge is -2.44. The number of hydrogen-bond donors (Lipinski definition) is 0. The minimum Gasteiger partial charge on any atom is -0.457 e. The molecule has 0 bridgehead atoms. The van der Waals surface area contributed by atoms with Crippen LogP contribution in [0.4, 0.5) is 11.4 Å². The first-order valence-electron chi connectivity index (χ1n) is 20.4. The van der Waals surface area contributed by atoms with E-state index in [9.17, 15) is 20.2 Å². The van der Waals surface area contributed by atoms with E-state index in [1.54, 1.807) is 24.3 Å². The van der Waals surface area contributed by atoms with Crippen LogP contribution < -0.4 is 9.47 Å². The molecular weight excluding hydrogens is 677 g/mol. The average Bonchev–Trinajstić information content (AvgIpc) is 3.20. The molecule has 0 aliphatic heterocycles. The molecule has 4 aromatic carbocycles. The van der Waals surface area contributed by atoms with Crippen LogP contribution in [0.25, 0.3) is 0 Å².